The number of carboxylic acid groups (broad SMARTS) is 1. The van der Waals surface area contributed by atoms with Crippen LogP contribution in [0.4, 0.5) is 0 Å². The fourth-order valence-corrected chi connectivity index (χ4v) is 1.52. The molecule has 0 radical (unpaired) electrons. The molecule has 15 heavy (non-hydrogen) atoms. The molecule has 0 amide bonds. The van der Waals surface area contributed by atoms with Crippen molar-refractivity contribution >= 4 is 5.97 Å². The van der Waals surface area contributed by atoms with Crippen LogP contribution in [0.5, 0.6) is 0 Å². The van der Waals surface area contributed by atoms with E-state index in [2.05, 4.69) is 0 Å². The van der Waals surface area contributed by atoms with Crippen molar-refractivity contribution in [2.45, 2.75) is 36.9 Å². The molecule has 7 nitrogen and oxygen atoms in total. The van der Waals surface area contributed by atoms with Gasteiger partial charge in [0.25, 0.3) is 0 Å². The average molecular weight is 221 g/mol. The van der Waals surface area contributed by atoms with E-state index in [1.165, 1.54) is 0 Å². The van der Waals surface area contributed by atoms with E-state index in [1.54, 1.807) is 0 Å². The summed E-state index contributed by atoms with van der Waals surface area (Å²) >= 11 is 0. The van der Waals surface area contributed by atoms with Gasteiger partial charge in [0.05, 0.1) is 12.7 Å². The van der Waals surface area contributed by atoms with E-state index in [9.17, 15) is 15.0 Å². The van der Waals surface area contributed by atoms with Gasteiger partial charge in [0.15, 0.2) is 0 Å². The van der Waals surface area contributed by atoms with E-state index in [4.69, 9.17) is 20.7 Å². The molecule has 0 bridgehead atoms. The lowest BCUT2D eigenvalue weighted by molar-refractivity contribution is -0.139. The summed E-state index contributed by atoms with van der Waals surface area (Å²) in [6.45, 7) is -0.433. The lowest BCUT2D eigenvalue weighted by Gasteiger charge is -2.16. The van der Waals surface area contributed by atoms with Crippen molar-refractivity contribution < 1.29 is 30.0 Å². The highest BCUT2D eigenvalue weighted by atomic mass is 16.6. The maximum absolute atomic E-state index is 10.5. The molecule has 88 valence electrons. The molecule has 1 aliphatic rings. The summed E-state index contributed by atoms with van der Waals surface area (Å²) in [7, 11) is 0. The van der Waals surface area contributed by atoms with Gasteiger partial charge in [-0.2, -0.15) is 0 Å². The number of carboxylic acids is 1. The molecule has 0 aliphatic carbocycles. The van der Waals surface area contributed by atoms with Crippen LogP contribution in [0.1, 0.15) is 6.42 Å². The van der Waals surface area contributed by atoms with Gasteiger partial charge in [-0.05, 0) is 0 Å². The Morgan fingerprint density at radius 1 is 1.33 bits per heavy atom. The third kappa shape index (κ3) is 2.64. The first-order valence-corrected chi connectivity index (χ1v) is 4.58. The van der Waals surface area contributed by atoms with Crippen LogP contribution >= 0.6 is 0 Å². The van der Waals surface area contributed by atoms with Gasteiger partial charge < -0.3 is 30.9 Å². The topological polar surface area (TPSA) is 133 Å². The van der Waals surface area contributed by atoms with E-state index in [-0.39, 0.29) is 6.42 Å². The number of hydrogen-bond acceptors (Lipinski definition) is 6. The predicted molar refractivity (Wildman–Crippen MR) is 48.0 cm³/mol. The predicted octanol–water partition coefficient (Wildman–Crippen LogP) is -2.73. The second kappa shape index (κ2) is 4.86. The van der Waals surface area contributed by atoms with Gasteiger partial charge in [-0.1, -0.05) is 0 Å². The summed E-state index contributed by atoms with van der Waals surface area (Å²) in [4.78, 5) is 10.5. The molecule has 0 aromatic carbocycles. The third-order valence-electron chi connectivity index (χ3n) is 2.44. The molecule has 1 fully saturated rings. The molecule has 1 saturated heterocycles. The Bertz CT molecular complexity index is 235. The van der Waals surface area contributed by atoms with Gasteiger partial charge in [-0.25, -0.2) is 0 Å². The molecule has 0 saturated carbocycles. The average Bonchev–Trinajstić information content (AvgIpc) is 2.45. The lowest BCUT2D eigenvalue weighted by Crippen LogP contribution is -2.39. The molecule has 7 heteroatoms. The van der Waals surface area contributed by atoms with E-state index in [0.717, 1.165) is 0 Å². The van der Waals surface area contributed by atoms with Crippen LogP contribution < -0.4 is 5.73 Å². The highest BCUT2D eigenvalue weighted by molar-refractivity contribution is 5.73. The largest absolute Gasteiger partial charge is 0.480 e. The number of aliphatic hydroxyl groups is 3. The van der Waals surface area contributed by atoms with Crippen LogP contribution in [0, 0.1) is 0 Å². The highest BCUT2D eigenvalue weighted by Crippen LogP contribution is 2.23. The SMILES string of the molecule is N[C@@H](C[C@@H]1O[C@H](CO)[C@@H](O)[C@H]1O)C(=O)O. The van der Waals surface area contributed by atoms with E-state index in [1.807, 2.05) is 0 Å². The normalized spacial score (nSPS) is 37.9. The number of rotatable bonds is 4. The van der Waals surface area contributed by atoms with Gasteiger partial charge in [-0.15, -0.1) is 0 Å². The van der Waals surface area contributed by atoms with Crippen molar-refractivity contribution in [1.82, 2.24) is 0 Å². The zero-order valence-electron chi connectivity index (χ0n) is 7.98. The monoisotopic (exact) mass is 221 g/mol. The molecule has 0 unspecified atom stereocenters. The smallest absolute Gasteiger partial charge is 0.320 e. The molecular formula is C8H15NO6. The van der Waals surface area contributed by atoms with Gasteiger partial charge in [0.2, 0.25) is 0 Å². The van der Waals surface area contributed by atoms with Crippen LogP contribution in [0.25, 0.3) is 0 Å². The Labute approximate surface area is 86.1 Å². The molecule has 0 aromatic heterocycles. The molecule has 6 N–H and O–H groups in total. The van der Waals surface area contributed by atoms with E-state index in [0.29, 0.717) is 0 Å². The Morgan fingerprint density at radius 3 is 2.27 bits per heavy atom. The van der Waals surface area contributed by atoms with Crippen molar-refractivity contribution in [2.75, 3.05) is 6.61 Å². The summed E-state index contributed by atoms with van der Waals surface area (Å²) in [5, 5.41) is 36.1. The van der Waals surface area contributed by atoms with Crippen molar-refractivity contribution in [2.24, 2.45) is 5.73 Å². The van der Waals surface area contributed by atoms with Crippen LogP contribution in [-0.4, -0.2) is 63.5 Å². The number of aliphatic carboxylic acids is 1. The van der Waals surface area contributed by atoms with Crippen LogP contribution in [0.15, 0.2) is 0 Å². The lowest BCUT2D eigenvalue weighted by atomic mass is 10.0. The minimum atomic E-state index is -1.22. The summed E-state index contributed by atoms with van der Waals surface area (Å²) in [5.41, 5.74) is 5.26. The molecular weight excluding hydrogens is 206 g/mol. The zero-order valence-corrected chi connectivity index (χ0v) is 7.98. The number of aliphatic hydroxyl groups excluding tert-OH is 3. The van der Waals surface area contributed by atoms with Crippen molar-refractivity contribution in [3.05, 3.63) is 0 Å². The van der Waals surface area contributed by atoms with Gasteiger partial charge in [0.1, 0.15) is 24.4 Å². The number of carbonyl (C=O) groups is 1. The second-order valence-corrected chi connectivity index (χ2v) is 3.56. The molecule has 5 atom stereocenters. The van der Waals surface area contributed by atoms with Crippen molar-refractivity contribution in [3.8, 4) is 0 Å². The van der Waals surface area contributed by atoms with Crippen molar-refractivity contribution in [1.29, 1.82) is 0 Å². The second-order valence-electron chi connectivity index (χ2n) is 3.56. The number of ether oxygens (including phenoxy) is 1. The third-order valence-corrected chi connectivity index (χ3v) is 2.44. The molecule has 1 aliphatic heterocycles. The van der Waals surface area contributed by atoms with Gasteiger partial charge in [0, 0.05) is 6.42 Å². The molecule has 1 heterocycles. The first-order valence-electron chi connectivity index (χ1n) is 4.58. The zero-order chi connectivity index (χ0) is 11.6. The minimum Gasteiger partial charge on any atom is -0.480 e. The van der Waals surface area contributed by atoms with Crippen LogP contribution in [-0.2, 0) is 9.53 Å². The summed E-state index contributed by atoms with van der Waals surface area (Å²) in [6.07, 6.45) is -4.27. The van der Waals surface area contributed by atoms with Crippen LogP contribution in [0.2, 0.25) is 0 Å². The van der Waals surface area contributed by atoms with Crippen molar-refractivity contribution in [3.63, 3.8) is 0 Å². The first kappa shape index (κ1) is 12.3. The maximum atomic E-state index is 10.5. The fourth-order valence-electron chi connectivity index (χ4n) is 1.52. The molecule has 1 rings (SSSR count). The molecule has 0 aromatic rings. The molecule has 0 spiro atoms. The number of hydrogen-bond donors (Lipinski definition) is 5. The summed E-state index contributed by atoms with van der Waals surface area (Å²) in [5.74, 6) is -1.20. The van der Waals surface area contributed by atoms with Crippen LogP contribution in [0.3, 0.4) is 0 Å². The fraction of sp³-hybridized carbons (Fsp3) is 0.875. The Balaban J connectivity index is 2.54. The Hall–Kier alpha value is -0.730. The quantitative estimate of drug-likeness (QED) is 0.348. The maximum Gasteiger partial charge on any atom is 0.320 e. The summed E-state index contributed by atoms with van der Waals surface area (Å²) < 4.78 is 5.06. The standard InChI is InChI=1S/C8H15NO6/c9-3(8(13)14)1-4-6(11)7(12)5(2-10)15-4/h3-7,10-12H,1-2,9H2,(H,13,14)/t3-,4-,5+,6-,7+/m0/s1. The summed E-state index contributed by atoms with van der Waals surface area (Å²) in [6, 6.07) is -1.16. The van der Waals surface area contributed by atoms with E-state index >= 15 is 0 Å². The minimum absolute atomic E-state index is 0.107. The van der Waals surface area contributed by atoms with Gasteiger partial charge in [-0.3, -0.25) is 4.79 Å². The number of nitrogens with two attached hydrogens (primary N) is 1. The van der Waals surface area contributed by atoms with E-state index < -0.39 is 43.0 Å². The first-order chi connectivity index (χ1) is 6.97. The highest BCUT2D eigenvalue weighted by Gasteiger charge is 2.43. The van der Waals surface area contributed by atoms with Gasteiger partial charge >= 0.3 is 5.97 Å². The Morgan fingerprint density at radius 2 is 1.87 bits per heavy atom. The Kier molecular flexibility index (Phi) is 4.00.